The lowest BCUT2D eigenvalue weighted by molar-refractivity contribution is -0.00000264. The van der Waals surface area contributed by atoms with E-state index in [0.717, 1.165) is 12.0 Å². The zero-order valence-corrected chi connectivity index (χ0v) is 8.67. The van der Waals surface area contributed by atoms with Gasteiger partial charge in [0, 0.05) is 6.04 Å². The number of hydrogen-bond donors (Lipinski definition) is 0. The maximum atomic E-state index is 2.62. The molecule has 3 aliphatic rings. The Kier molecular flexibility index (Phi) is 2.98. The lowest BCUT2D eigenvalue weighted by Crippen LogP contribution is -3.00. The fraction of sp³-hybridized carbons (Fsp3) is 1.00. The van der Waals surface area contributed by atoms with Gasteiger partial charge in [-0.3, -0.25) is 0 Å². The van der Waals surface area contributed by atoms with Gasteiger partial charge in [0.05, 0.1) is 0 Å². The second-order valence-corrected chi connectivity index (χ2v) is 3.56. The summed E-state index contributed by atoms with van der Waals surface area (Å²) >= 11 is 0. The van der Waals surface area contributed by atoms with E-state index in [1.54, 1.807) is 0 Å². The zero-order valence-electron chi connectivity index (χ0n) is 6.52. The van der Waals surface area contributed by atoms with E-state index < -0.39 is 0 Å². The molecule has 0 radical (unpaired) electrons. The molecule has 1 atom stereocenters. The maximum absolute atomic E-state index is 2.62. The van der Waals surface area contributed by atoms with Crippen molar-refractivity contribution < 1.29 is 24.0 Å². The molecule has 0 spiro atoms. The molecule has 0 saturated carbocycles. The first kappa shape index (κ1) is 8.78. The molecule has 1 nitrogen and oxygen atoms in total. The standard InChI is InChI=1S/C8H15N.HI/c1-7-6-8-2-4-9(7)5-3-8;/h7-8H,2-6H2,1H3;1H/p-1. The molecule has 2 bridgehead atoms. The summed E-state index contributed by atoms with van der Waals surface area (Å²) in [5, 5.41) is 0. The van der Waals surface area contributed by atoms with Crippen LogP contribution in [0, 0.1) is 5.92 Å². The monoisotopic (exact) mass is 252 g/mol. The first-order chi connectivity index (χ1) is 4.36. The molecule has 0 aliphatic carbocycles. The summed E-state index contributed by atoms with van der Waals surface area (Å²) in [4.78, 5) is 2.62. The van der Waals surface area contributed by atoms with Gasteiger partial charge in [-0.05, 0) is 45.2 Å². The number of rotatable bonds is 0. The maximum Gasteiger partial charge on any atom is 0.00695 e. The first-order valence-electron chi connectivity index (χ1n) is 4.10. The van der Waals surface area contributed by atoms with Crippen LogP contribution in [0.1, 0.15) is 26.2 Å². The van der Waals surface area contributed by atoms with Gasteiger partial charge in [0.25, 0.3) is 0 Å². The van der Waals surface area contributed by atoms with Crippen molar-refractivity contribution in [3.63, 3.8) is 0 Å². The van der Waals surface area contributed by atoms with Crippen molar-refractivity contribution in [2.45, 2.75) is 32.2 Å². The second kappa shape index (κ2) is 3.39. The van der Waals surface area contributed by atoms with Crippen molar-refractivity contribution in [3.8, 4) is 0 Å². The largest absolute Gasteiger partial charge is 1.00 e. The fourth-order valence-corrected chi connectivity index (χ4v) is 2.26. The van der Waals surface area contributed by atoms with Crippen LogP contribution in [0.25, 0.3) is 0 Å². The summed E-state index contributed by atoms with van der Waals surface area (Å²) in [6, 6.07) is 0.900. The Morgan fingerprint density at radius 1 is 1.20 bits per heavy atom. The summed E-state index contributed by atoms with van der Waals surface area (Å²) in [6.07, 6.45) is 4.43. The van der Waals surface area contributed by atoms with Crippen LogP contribution in [0.5, 0.6) is 0 Å². The highest BCUT2D eigenvalue weighted by Gasteiger charge is 2.30. The van der Waals surface area contributed by atoms with Crippen molar-refractivity contribution in [1.82, 2.24) is 4.90 Å². The van der Waals surface area contributed by atoms with E-state index in [1.807, 2.05) is 0 Å². The van der Waals surface area contributed by atoms with Crippen LogP contribution >= 0.6 is 0 Å². The van der Waals surface area contributed by atoms with Gasteiger partial charge in [-0.2, -0.15) is 0 Å². The minimum Gasteiger partial charge on any atom is -1.00 e. The number of fused-ring (bicyclic) bond motifs is 3. The normalized spacial score (nSPS) is 44.7. The van der Waals surface area contributed by atoms with Crippen LogP contribution in [0.2, 0.25) is 0 Å². The topological polar surface area (TPSA) is 3.24 Å². The summed E-state index contributed by atoms with van der Waals surface area (Å²) in [5.74, 6) is 1.09. The van der Waals surface area contributed by atoms with Crippen LogP contribution in [-0.4, -0.2) is 24.0 Å². The quantitative estimate of drug-likeness (QED) is 0.474. The van der Waals surface area contributed by atoms with E-state index in [2.05, 4.69) is 11.8 Å². The van der Waals surface area contributed by atoms with Crippen LogP contribution in [0.4, 0.5) is 0 Å². The van der Waals surface area contributed by atoms with Crippen molar-refractivity contribution in [3.05, 3.63) is 0 Å². The van der Waals surface area contributed by atoms with Gasteiger partial charge in [0.15, 0.2) is 0 Å². The summed E-state index contributed by atoms with van der Waals surface area (Å²) in [5.41, 5.74) is 0. The van der Waals surface area contributed by atoms with Crippen molar-refractivity contribution in [1.29, 1.82) is 0 Å². The molecule has 0 N–H and O–H groups in total. The molecule has 2 heteroatoms. The third-order valence-electron chi connectivity index (χ3n) is 2.95. The van der Waals surface area contributed by atoms with E-state index in [9.17, 15) is 0 Å². The molecule has 10 heavy (non-hydrogen) atoms. The Bertz CT molecular complexity index is 108. The molecule has 0 aromatic carbocycles. The highest BCUT2D eigenvalue weighted by Crippen LogP contribution is 2.30. The Balaban J connectivity index is 0.000000500. The molecule has 1 unspecified atom stereocenters. The Hall–Kier alpha value is 0.690. The highest BCUT2D eigenvalue weighted by molar-refractivity contribution is 4.84. The van der Waals surface area contributed by atoms with Gasteiger partial charge in [-0.1, -0.05) is 0 Å². The van der Waals surface area contributed by atoms with Crippen LogP contribution in [0.3, 0.4) is 0 Å². The van der Waals surface area contributed by atoms with Crippen LogP contribution in [-0.2, 0) is 0 Å². The Morgan fingerprint density at radius 2 is 1.80 bits per heavy atom. The summed E-state index contributed by atoms with van der Waals surface area (Å²) in [7, 11) is 0. The van der Waals surface area contributed by atoms with E-state index in [0.29, 0.717) is 0 Å². The van der Waals surface area contributed by atoms with Crippen molar-refractivity contribution in [2.24, 2.45) is 5.92 Å². The van der Waals surface area contributed by atoms with Gasteiger partial charge >= 0.3 is 0 Å². The molecule has 0 aromatic heterocycles. The van der Waals surface area contributed by atoms with E-state index in [4.69, 9.17) is 0 Å². The molecule has 3 rings (SSSR count). The molecular weight excluding hydrogens is 237 g/mol. The van der Waals surface area contributed by atoms with Gasteiger partial charge in [-0.15, -0.1) is 0 Å². The van der Waals surface area contributed by atoms with Crippen molar-refractivity contribution >= 4 is 0 Å². The average molecular weight is 252 g/mol. The SMILES string of the molecule is CC1CC2CCN1CC2.[I-]. The van der Waals surface area contributed by atoms with E-state index in [-0.39, 0.29) is 24.0 Å². The number of piperidine rings is 3. The fourth-order valence-electron chi connectivity index (χ4n) is 2.26. The first-order valence-corrected chi connectivity index (χ1v) is 4.10. The Labute approximate surface area is 80.2 Å². The lowest BCUT2D eigenvalue weighted by Gasteiger charge is -2.43. The summed E-state index contributed by atoms with van der Waals surface area (Å²) < 4.78 is 0. The van der Waals surface area contributed by atoms with Gasteiger partial charge in [0.1, 0.15) is 0 Å². The molecule has 0 amide bonds. The minimum atomic E-state index is 0. The van der Waals surface area contributed by atoms with E-state index >= 15 is 0 Å². The lowest BCUT2D eigenvalue weighted by atomic mass is 9.84. The highest BCUT2D eigenvalue weighted by atomic mass is 127. The molecule has 3 aliphatic heterocycles. The average Bonchev–Trinajstić information content (AvgIpc) is 1.90. The Morgan fingerprint density at radius 3 is 2.00 bits per heavy atom. The number of hydrogen-bond acceptors (Lipinski definition) is 1. The van der Waals surface area contributed by atoms with Gasteiger partial charge < -0.3 is 28.9 Å². The van der Waals surface area contributed by atoms with Crippen LogP contribution < -0.4 is 24.0 Å². The van der Waals surface area contributed by atoms with E-state index in [1.165, 1.54) is 32.4 Å². The summed E-state index contributed by atoms with van der Waals surface area (Å²) in [6.45, 7) is 5.13. The van der Waals surface area contributed by atoms with Gasteiger partial charge in [0.2, 0.25) is 0 Å². The number of halogens is 1. The van der Waals surface area contributed by atoms with Crippen LogP contribution in [0.15, 0.2) is 0 Å². The number of nitrogens with zero attached hydrogens (tertiary/aromatic N) is 1. The zero-order chi connectivity index (χ0) is 6.27. The minimum absolute atomic E-state index is 0. The molecule has 60 valence electrons. The predicted molar refractivity (Wildman–Crippen MR) is 38.4 cm³/mol. The molecule has 3 heterocycles. The third kappa shape index (κ3) is 1.47. The predicted octanol–water partition coefficient (Wildman–Crippen LogP) is -1.51. The smallest absolute Gasteiger partial charge is 0.00695 e. The molecule has 0 aromatic rings. The molecular formula is C8H15IN-. The second-order valence-electron chi connectivity index (χ2n) is 3.56. The third-order valence-corrected chi connectivity index (χ3v) is 2.95. The molecule has 3 fully saturated rings. The van der Waals surface area contributed by atoms with Gasteiger partial charge in [-0.25, -0.2) is 0 Å². The molecule has 3 saturated heterocycles. The van der Waals surface area contributed by atoms with Crippen molar-refractivity contribution in [2.75, 3.05) is 13.1 Å².